The Balaban J connectivity index is 3.17. The predicted molar refractivity (Wildman–Crippen MR) is 70.6 cm³/mol. The molecule has 1 aromatic carbocycles. The molecule has 0 bridgehead atoms. The molecule has 0 radical (unpaired) electrons. The molecule has 18 heavy (non-hydrogen) atoms. The Kier molecular flexibility index (Phi) is 4.46. The first-order chi connectivity index (χ1) is 8.25. The molecule has 1 unspecified atom stereocenters. The Morgan fingerprint density at radius 1 is 1.39 bits per heavy atom. The summed E-state index contributed by atoms with van der Waals surface area (Å²) >= 11 is 5.80. The average molecular weight is 270 g/mol. The number of carbonyl (C=O) groups is 1. The Bertz CT molecular complexity index is 454. The normalized spacial score (nSPS) is 13.1. The molecule has 4 nitrogen and oxygen atoms in total. The quantitative estimate of drug-likeness (QED) is 0.607. The molecule has 0 aliphatic rings. The van der Waals surface area contributed by atoms with Gasteiger partial charge in [-0.3, -0.25) is 10.1 Å². The maximum atomic E-state index is 11.3. The van der Waals surface area contributed by atoms with E-state index in [1.807, 2.05) is 0 Å². The molecular formula is C13H16ClNO3. The monoisotopic (exact) mass is 269 g/mol. The summed E-state index contributed by atoms with van der Waals surface area (Å²) in [5.41, 5.74) is -0.434. The Morgan fingerprint density at radius 3 is 2.28 bits per heavy atom. The summed E-state index contributed by atoms with van der Waals surface area (Å²) in [5, 5.41) is 11.7. The van der Waals surface area contributed by atoms with Crippen molar-refractivity contribution in [2.45, 2.75) is 38.6 Å². The van der Waals surface area contributed by atoms with Gasteiger partial charge in [0, 0.05) is 30.2 Å². The Hall–Kier alpha value is -1.42. The molecule has 0 spiro atoms. The summed E-state index contributed by atoms with van der Waals surface area (Å²) in [6.45, 7) is 4.52. The van der Waals surface area contributed by atoms with Crippen LogP contribution in [0.5, 0.6) is 0 Å². The number of hydrogen-bond donors (Lipinski definition) is 0. The van der Waals surface area contributed by atoms with E-state index in [-0.39, 0.29) is 17.1 Å². The van der Waals surface area contributed by atoms with Crippen molar-refractivity contribution in [1.82, 2.24) is 0 Å². The lowest BCUT2D eigenvalue weighted by atomic mass is 9.79. The number of nitro groups is 1. The smallest absolute Gasteiger partial charge is 0.223 e. The van der Waals surface area contributed by atoms with Crippen molar-refractivity contribution in [3.05, 3.63) is 45.0 Å². The van der Waals surface area contributed by atoms with Crippen molar-refractivity contribution in [2.24, 2.45) is 0 Å². The highest BCUT2D eigenvalue weighted by atomic mass is 35.5. The zero-order valence-electron chi connectivity index (χ0n) is 10.6. The highest BCUT2D eigenvalue weighted by Crippen LogP contribution is 2.34. The van der Waals surface area contributed by atoms with Crippen molar-refractivity contribution in [3.63, 3.8) is 0 Å². The van der Waals surface area contributed by atoms with Gasteiger partial charge in [-0.2, -0.15) is 0 Å². The average Bonchev–Trinajstić information content (AvgIpc) is 2.26. The lowest BCUT2D eigenvalue weighted by Crippen LogP contribution is -2.39. The zero-order valence-corrected chi connectivity index (χ0v) is 11.4. The van der Waals surface area contributed by atoms with E-state index in [1.165, 1.54) is 20.8 Å². The second-order valence-electron chi connectivity index (χ2n) is 4.92. The number of nitrogens with zero attached hydrogens (tertiary/aromatic N) is 1. The minimum Gasteiger partial charge on any atom is -0.300 e. The van der Waals surface area contributed by atoms with Crippen molar-refractivity contribution in [3.8, 4) is 0 Å². The number of rotatable bonds is 5. The third-order valence-electron chi connectivity index (χ3n) is 3.09. The molecule has 5 heteroatoms. The van der Waals surface area contributed by atoms with E-state index in [0.29, 0.717) is 5.02 Å². The fraction of sp³-hybridized carbons (Fsp3) is 0.462. The first-order valence-corrected chi connectivity index (χ1v) is 6.02. The molecular weight excluding hydrogens is 254 g/mol. The van der Waals surface area contributed by atoms with Crippen LogP contribution in [0.1, 0.15) is 38.7 Å². The molecule has 0 aliphatic carbocycles. The van der Waals surface area contributed by atoms with Crippen LogP contribution in [0.2, 0.25) is 5.02 Å². The number of halogens is 1. The van der Waals surface area contributed by atoms with Crippen LogP contribution in [-0.2, 0) is 4.79 Å². The Labute approximate surface area is 111 Å². The molecule has 0 fully saturated rings. The Morgan fingerprint density at radius 2 is 1.89 bits per heavy atom. The van der Waals surface area contributed by atoms with Gasteiger partial charge in [0.1, 0.15) is 5.78 Å². The van der Waals surface area contributed by atoms with Gasteiger partial charge in [0.15, 0.2) is 0 Å². The third-order valence-corrected chi connectivity index (χ3v) is 3.34. The zero-order chi connectivity index (χ0) is 13.9. The topological polar surface area (TPSA) is 60.2 Å². The summed E-state index contributed by atoms with van der Waals surface area (Å²) in [7, 11) is 0. The van der Waals surface area contributed by atoms with E-state index in [0.717, 1.165) is 5.56 Å². The lowest BCUT2D eigenvalue weighted by molar-refractivity contribution is -0.565. The molecule has 0 saturated carbocycles. The maximum Gasteiger partial charge on any atom is 0.223 e. The highest BCUT2D eigenvalue weighted by molar-refractivity contribution is 6.30. The van der Waals surface area contributed by atoms with Crippen LogP contribution in [0, 0.1) is 10.1 Å². The number of Topliss-reactive ketones (excluding diaryl/α,β-unsaturated/α-hetero) is 1. The fourth-order valence-electron chi connectivity index (χ4n) is 1.89. The number of carbonyl (C=O) groups excluding carboxylic acids is 1. The van der Waals surface area contributed by atoms with Gasteiger partial charge in [0.05, 0.1) is 5.92 Å². The van der Waals surface area contributed by atoms with Gasteiger partial charge in [0.2, 0.25) is 5.54 Å². The molecule has 0 aliphatic heterocycles. The molecule has 98 valence electrons. The van der Waals surface area contributed by atoms with Crippen molar-refractivity contribution in [2.75, 3.05) is 0 Å². The number of ketones is 1. The molecule has 0 saturated heterocycles. The minimum atomic E-state index is -1.19. The van der Waals surface area contributed by atoms with E-state index >= 15 is 0 Å². The van der Waals surface area contributed by atoms with Crippen LogP contribution in [0.4, 0.5) is 0 Å². The molecule has 0 heterocycles. The van der Waals surface area contributed by atoms with Crippen LogP contribution < -0.4 is 0 Å². The molecule has 0 amide bonds. The number of benzene rings is 1. The van der Waals surface area contributed by atoms with Crippen LogP contribution >= 0.6 is 11.6 Å². The first kappa shape index (κ1) is 14.6. The van der Waals surface area contributed by atoms with Crippen LogP contribution in [0.3, 0.4) is 0 Å². The van der Waals surface area contributed by atoms with Crippen molar-refractivity contribution in [1.29, 1.82) is 0 Å². The summed E-state index contributed by atoms with van der Waals surface area (Å²) in [6, 6.07) is 6.84. The number of hydrogen-bond acceptors (Lipinski definition) is 3. The minimum absolute atomic E-state index is 0.0649. The van der Waals surface area contributed by atoms with E-state index < -0.39 is 11.5 Å². The SMILES string of the molecule is CC(=O)CC(c1ccc(Cl)cc1)C(C)(C)[N+](=O)[O-]. The van der Waals surface area contributed by atoms with Crippen LogP contribution in [-0.4, -0.2) is 16.2 Å². The summed E-state index contributed by atoms with van der Waals surface area (Å²) < 4.78 is 0. The molecule has 1 rings (SSSR count). The van der Waals surface area contributed by atoms with Crippen molar-refractivity contribution < 1.29 is 9.72 Å². The molecule has 0 N–H and O–H groups in total. The van der Waals surface area contributed by atoms with Gasteiger partial charge in [-0.05, 0) is 24.6 Å². The van der Waals surface area contributed by atoms with Crippen LogP contribution in [0.25, 0.3) is 0 Å². The third kappa shape index (κ3) is 3.29. The van der Waals surface area contributed by atoms with Gasteiger partial charge >= 0.3 is 0 Å². The van der Waals surface area contributed by atoms with E-state index in [1.54, 1.807) is 24.3 Å². The van der Waals surface area contributed by atoms with Gasteiger partial charge in [-0.1, -0.05) is 23.7 Å². The summed E-state index contributed by atoms with van der Waals surface area (Å²) in [6.07, 6.45) is 0.148. The van der Waals surface area contributed by atoms with Crippen LogP contribution in [0.15, 0.2) is 24.3 Å². The largest absolute Gasteiger partial charge is 0.300 e. The standard InChI is InChI=1S/C13H16ClNO3/c1-9(16)8-12(13(2,3)15(17)18)10-4-6-11(14)7-5-10/h4-7,12H,8H2,1-3H3. The second-order valence-corrected chi connectivity index (χ2v) is 5.36. The second kappa shape index (κ2) is 5.48. The van der Waals surface area contributed by atoms with E-state index in [4.69, 9.17) is 11.6 Å². The lowest BCUT2D eigenvalue weighted by Gasteiger charge is -2.26. The van der Waals surface area contributed by atoms with Crippen molar-refractivity contribution >= 4 is 17.4 Å². The van der Waals surface area contributed by atoms with E-state index in [2.05, 4.69) is 0 Å². The first-order valence-electron chi connectivity index (χ1n) is 5.64. The van der Waals surface area contributed by atoms with E-state index in [9.17, 15) is 14.9 Å². The predicted octanol–water partition coefficient (Wildman–Crippen LogP) is 3.46. The van der Waals surface area contributed by atoms with Gasteiger partial charge in [0.25, 0.3) is 0 Å². The summed E-state index contributed by atoms with van der Waals surface area (Å²) in [4.78, 5) is 22.1. The molecule has 1 aromatic rings. The fourth-order valence-corrected chi connectivity index (χ4v) is 2.01. The highest BCUT2D eigenvalue weighted by Gasteiger charge is 2.42. The maximum absolute atomic E-state index is 11.3. The van der Waals surface area contributed by atoms with Gasteiger partial charge in [-0.25, -0.2) is 0 Å². The molecule has 1 atom stereocenters. The van der Waals surface area contributed by atoms with Gasteiger partial charge < -0.3 is 4.79 Å². The summed E-state index contributed by atoms with van der Waals surface area (Å²) in [5.74, 6) is -0.521. The molecule has 0 aromatic heterocycles. The van der Waals surface area contributed by atoms with Gasteiger partial charge in [-0.15, -0.1) is 0 Å².